The number of ether oxygens (including phenoxy) is 1. The molecule has 3 aromatic rings. The Labute approximate surface area is 160 Å². The largest absolute Gasteiger partial charge is 0.468 e. The van der Waals surface area contributed by atoms with Crippen LogP contribution in [0.3, 0.4) is 0 Å². The standard InChI is InChI=1S/C18H18N2O7S/c1-10(2)17(18(21)26-3)19-28(24,25)12-5-7-14-13-6-4-11(20(22)23)8-15(13)27-16(14)9-12/h4-10,17,19H,1-3H3/t17-/m1/s1. The highest BCUT2D eigenvalue weighted by Crippen LogP contribution is 2.32. The maximum atomic E-state index is 12.7. The fourth-order valence-corrected chi connectivity index (χ4v) is 4.19. The molecule has 0 radical (unpaired) electrons. The van der Waals surface area contributed by atoms with E-state index in [4.69, 9.17) is 4.42 Å². The van der Waals surface area contributed by atoms with Gasteiger partial charge in [-0.25, -0.2) is 8.42 Å². The van der Waals surface area contributed by atoms with Gasteiger partial charge in [-0.2, -0.15) is 4.72 Å². The number of fused-ring (bicyclic) bond motifs is 3. The van der Waals surface area contributed by atoms with E-state index in [1.807, 2.05) is 0 Å². The van der Waals surface area contributed by atoms with Crippen LogP contribution in [-0.2, 0) is 19.6 Å². The summed E-state index contributed by atoms with van der Waals surface area (Å²) < 4.78 is 38.1. The number of benzene rings is 2. The number of methoxy groups -OCH3 is 1. The predicted molar refractivity (Wildman–Crippen MR) is 101 cm³/mol. The molecule has 9 nitrogen and oxygen atoms in total. The van der Waals surface area contributed by atoms with Crippen molar-refractivity contribution in [2.75, 3.05) is 7.11 Å². The summed E-state index contributed by atoms with van der Waals surface area (Å²) in [6.45, 7) is 3.39. The maximum Gasteiger partial charge on any atom is 0.324 e. The fraction of sp³-hybridized carbons (Fsp3) is 0.278. The normalized spacial score (nSPS) is 13.1. The van der Waals surface area contributed by atoms with Crippen LogP contribution in [0.25, 0.3) is 21.9 Å². The SMILES string of the molecule is COC(=O)[C@H](NS(=O)(=O)c1ccc2c(c1)oc1cc([N+](=O)[O-])ccc12)C(C)C. The van der Waals surface area contributed by atoms with Gasteiger partial charge in [-0.1, -0.05) is 13.8 Å². The Bertz CT molecular complexity index is 1180. The zero-order valence-corrected chi connectivity index (χ0v) is 16.1. The number of nitrogens with one attached hydrogen (secondary N) is 1. The first-order valence-electron chi connectivity index (χ1n) is 8.35. The van der Waals surface area contributed by atoms with E-state index in [2.05, 4.69) is 9.46 Å². The molecule has 1 aromatic heterocycles. The topological polar surface area (TPSA) is 129 Å². The van der Waals surface area contributed by atoms with Crippen LogP contribution in [0, 0.1) is 16.0 Å². The van der Waals surface area contributed by atoms with Crippen molar-refractivity contribution >= 4 is 43.6 Å². The van der Waals surface area contributed by atoms with Gasteiger partial charge in [0.25, 0.3) is 5.69 Å². The van der Waals surface area contributed by atoms with Crippen molar-refractivity contribution in [1.29, 1.82) is 0 Å². The average Bonchev–Trinajstić information content (AvgIpc) is 3.02. The van der Waals surface area contributed by atoms with Gasteiger partial charge in [0.15, 0.2) is 0 Å². The van der Waals surface area contributed by atoms with Crippen molar-refractivity contribution in [2.45, 2.75) is 24.8 Å². The summed E-state index contributed by atoms with van der Waals surface area (Å²) in [5.41, 5.74) is 0.415. The molecule has 0 aliphatic rings. The molecular formula is C18H18N2O7S. The molecule has 0 fully saturated rings. The van der Waals surface area contributed by atoms with Gasteiger partial charge >= 0.3 is 5.97 Å². The van der Waals surface area contributed by atoms with E-state index in [9.17, 15) is 23.3 Å². The Hall–Kier alpha value is -2.98. The van der Waals surface area contributed by atoms with Crippen LogP contribution >= 0.6 is 0 Å². The second-order valence-electron chi connectivity index (χ2n) is 6.56. The number of nitro groups is 1. The second kappa shape index (κ2) is 7.21. The molecule has 3 rings (SSSR count). The quantitative estimate of drug-likeness (QED) is 0.378. The van der Waals surface area contributed by atoms with E-state index in [1.165, 1.54) is 31.4 Å². The summed E-state index contributed by atoms with van der Waals surface area (Å²) in [6, 6.07) is 7.42. The highest BCUT2D eigenvalue weighted by molar-refractivity contribution is 7.89. The average molecular weight is 406 g/mol. The molecule has 1 heterocycles. The summed E-state index contributed by atoms with van der Waals surface area (Å²) in [6.07, 6.45) is 0. The molecule has 1 N–H and O–H groups in total. The molecule has 1 atom stereocenters. The number of carbonyl (C=O) groups excluding carboxylic acids is 1. The Morgan fingerprint density at radius 1 is 1.14 bits per heavy atom. The zero-order chi connectivity index (χ0) is 20.6. The molecule has 0 bridgehead atoms. The monoisotopic (exact) mass is 406 g/mol. The molecule has 0 amide bonds. The van der Waals surface area contributed by atoms with Gasteiger partial charge < -0.3 is 9.15 Å². The summed E-state index contributed by atoms with van der Waals surface area (Å²) >= 11 is 0. The van der Waals surface area contributed by atoms with E-state index in [-0.39, 0.29) is 27.7 Å². The smallest absolute Gasteiger partial charge is 0.324 e. The first-order valence-corrected chi connectivity index (χ1v) is 9.83. The Morgan fingerprint density at radius 3 is 2.32 bits per heavy atom. The molecule has 0 aliphatic heterocycles. The number of nitrogens with zero attached hydrogens (tertiary/aromatic N) is 1. The number of non-ortho nitro benzene ring substituents is 1. The van der Waals surface area contributed by atoms with Gasteiger partial charge in [0.05, 0.1) is 23.0 Å². The third kappa shape index (κ3) is 3.56. The minimum Gasteiger partial charge on any atom is -0.468 e. The van der Waals surface area contributed by atoms with Gasteiger partial charge in [-0.15, -0.1) is 0 Å². The minimum atomic E-state index is -4.03. The number of nitro benzene ring substituents is 1. The van der Waals surface area contributed by atoms with E-state index in [1.54, 1.807) is 26.0 Å². The van der Waals surface area contributed by atoms with Crippen LogP contribution in [0.5, 0.6) is 0 Å². The van der Waals surface area contributed by atoms with Crippen molar-refractivity contribution in [2.24, 2.45) is 5.92 Å². The molecule has 10 heteroatoms. The number of furan rings is 1. The molecule has 148 valence electrons. The molecule has 0 spiro atoms. The van der Waals surface area contributed by atoms with Gasteiger partial charge in [0, 0.05) is 22.9 Å². The zero-order valence-electron chi connectivity index (χ0n) is 15.3. The Morgan fingerprint density at radius 2 is 1.75 bits per heavy atom. The molecule has 0 saturated heterocycles. The molecule has 0 aliphatic carbocycles. The first kappa shape index (κ1) is 19.8. The molecule has 28 heavy (non-hydrogen) atoms. The van der Waals surface area contributed by atoms with Crippen molar-refractivity contribution in [1.82, 2.24) is 4.72 Å². The first-order chi connectivity index (χ1) is 13.1. The summed E-state index contributed by atoms with van der Waals surface area (Å²) in [7, 11) is -2.84. The van der Waals surface area contributed by atoms with Gasteiger partial charge in [0.2, 0.25) is 10.0 Å². The third-order valence-corrected chi connectivity index (χ3v) is 5.79. The molecular weight excluding hydrogens is 388 g/mol. The number of hydrogen-bond donors (Lipinski definition) is 1. The highest BCUT2D eigenvalue weighted by atomic mass is 32.2. The van der Waals surface area contributed by atoms with Crippen molar-refractivity contribution < 1.29 is 27.3 Å². The number of hydrogen-bond acceptors (Lipinski definition) is 7. The van der Waals surface area contributed by atoms with Crippen LogP contribution in [0.2, 0.25) is 0 Å². The van der Waals surface area contributed by atoms with Crippen molar-refractivity contribution in [3.8, 4) is 0 Å². The predicted octanol–water partition coefficient (Wildman–Crippen LogP) is 2.97. The van der Waals surface area contributed by atoms with Crippen LogP contribution in [0.4, 0.5) is 5.69 Å². The highest BCUT2D eigenvalue weighted by Gasteiger charge is 2.29. The fourth-order valence-electron chi connectivity index (χ4n) is 2.85. The van der Waals surface area contributed by atoms with E-state index in [0.717, 1.165) is 0 Å². The summed E-state index contributed by atoms with van der Waals surface area (Å²) in [4.78, 5) is 22.1. The van der Waals surface area contributed by atoms with E-state index >= 15 is 0 Å². The van der Waals surface area contributed by atoms with Crippen molar-refractivity contribution in [3.63, 3.8) is 0 Å². The maximum absolute atomic E-state index is 12.7. The molecule has 2 aromatic carbocycles. The third-order valence-electron chi connectivity index (χ3n) is 4.35. The lowest BCUT2D eigenvalue weighted by atomic mass is 10.1. The lowest BCUT2D eigenvalue weighted by Gasteiger charge is -2.19. The lowest BCUT2D eigenvalue weighted by Crippen LogP contribution is -2.44. The lowest BCUT2D eigenvalue weighted by molar-refractivity contribution is -0.384. The van der Waals surface area contributed by atoms with E-state index in [0.29, 0.717) is 10.8 Å². The molecule has 0 unspecified atom stereocenters. The van der Waals surface area contributed by atoms with Gasteiger partial charge in [-0.05, 0) is 24.1 Å². The number of carbonyl (C=O) groups is 1. The van der Waals surface area contributed by atoms with Crippen LogP contribution in [-0.4, -0.2) is 32.5 Å². The number of esters is 1. The Balaban J connectivity index is 2.04. The number of sulfonamides is 1. The van der Waals surface area contributed by atoms with Crippen LogP contribution in [0.15, 0.2) is 45.7 Å². The van der Waals surface area contributed by atoms with Gasteiger partial charge in [0.1, 0.15) is 17.2 Å². The minimum absolute atomic E-state index is 0.0943. The summed E-state index contributed by atoms with van der Waals surface area (Å²) in [5.74, 6) is -1.01. The van der Waals surface area contributed by atoms with Crippen LogP contribution in [0.1, 0.15) is 13.8 Å². The number of rotatable bonds is 6. The van der Waals surface area contributed by atoms with E-state index < -0.39 is 27.0 Å². The summed E-state index contributed by atoms with van der Waals surface area (Å²) in [5, 5.41) is 12.2. The van der Waals surface area contributed by atoms with Crippen LogP contribution < -0.4 is 4.72 Å². The Kier molecular flexibility index (Phi) is 5.09. The van der Waals surface area contributed by atoms with Gasteiger partial charge in [-0.3, -0.25) is 14.9 Å². The second-order valence-corrected chi connectivity index (χ2v) is 8.28. The van der Waals surface area contributed by atoms with Crippen molar-refractivity contribution in [3.05, 3.63) is 46.5 Å². The molecule has 0 saturated carbocycles.